The number of nitrogens with zero attached hydrogens (tertiary/aromatic N) is 2. The van der Waals surface area contributed by atoms with E-state index in [0.717, 1.165) is 27.9 Å². The van der Waals surface area contributed by atoms with Gasteiger partial charge in [-0.25, -0.2) is 0 Å². The highest BCUT2D eigenvalue weighted by atomic mass is 16.5. The van der Waals surface area contributed by atoms with Crippen molar-refractivity contribution in [2.45, 2.75) is 39.7 Å². The Bertz CT molecular complexity index is 951. The summed E-state index contributed by atoms with van der Waals surface area (Å²) in [5.74, 6) is -0.249. The molecule has 2 heterocycles. The third kappa shape index (κ3) is 3.61. The molecule has 0 spiro atoms. The molecule has 1 aromatic carbocycles. The van der Waals surface area contributed by atoms with Crippen molar-refractivity contribution in [3.8, 4) is 0 Å². The first-order chi connectivity index (χ1) is 12.3. The molecule has 0 aliphatic rings. The number of rotatable bonds is 6. The van der Waals surface area contributed by atoms with Gasteiger partial charge in [-0.2, -0.15) is 0 Å². The van der Waals surface area contributed by atoms with E-state index >= 15 is 0 Å². The summed E-state index contributed by atoms with van der Waals surface area (Å²) < 4.78 is 6.82. The molecule has 0 radical (unpaired) electrons. The molecule has 7 heteroatoms. The van der Waals surface area contributed by atoms with Crippen LogP contribution in [0.3, 0.4) is 0 Å². The van der Waals surface area contributed by atoms with Crippen molar-refractivity contribution >= 4 is 28.5 Å². The lowest BCUT2D eigenvalue weighted by Crippen LogP contribution is -2.15. The molecular formula is C19H21N3O4. The highest BCUT2D eigenvalue weighted by molar-refractivity contribution is 5.94. The van der Waals surface area contributed by atoms with E-state index < -0.39 is 5.97 Å². The van der Waals surface area contributed by atoms with E-state index in [4.69, 9.17) is 9.63 Å². The molecule has 0 saturated heterocycles. The Labute approximate surface area is 150 Å². The van der Waals surface area contributed by atoms with Gasteiger partial charge in [0.05, 0.1) is 5.69 Å². The van der Waals surface area contributed by atoms with Gasteiger partial charge in [-0.3, -0.25) is 9.59 Å². The molecule has 2 N–H and O–H groups in total. The number of nitrogens with one attached hydrogen (secondary N) is 1. The molecule has 1 unspecified atom stereocenters. The SMILES string of the molecule is Cc1noc(C)c1C(C)CC(=O)Nc1ccc2c(ccn2CC(=O)O)c1. The molecule has 0 fully saturated rings. The number of hydrogen-bond donors (Lipinski definition) is 2. The summed E-state index contributed by atoms with van der Waals surface area (Å²) in [5, 5.41) is 16.6. The second-order valence-electron chi connectivity index (χ2n) is 6.50. The maximum Gasteiger partial charge on any atom is 0.323 e. The minimum absolute atomic E-state index is 0.00151. The predicted octanol–water partition coefficient (Wildman–Crippen LogP) is 3.46. The maximum atomic E-state index is 12.4. The quantitative estimate of drug-likeness (QED) is 0.706. The summed E-state index contributed by atoms with van der Waals surface area (Å²) >= 11 is 0. The number of aryl methyl sites for hydroxylation is 2. The molecule has 0 aliphatic heterocycles. The van der Waals surface area contributed by atoms with Crippen LogP contribution in [-0.2, 0) is 16.1 Å². The van der Waals surface area contributed by atoms with Gasteiger partial charge < -0.3 is 19.5 Å². The fourth-order valence-electron chi connectivity index (χ4n) is 3.35. The number of hydrogen-bond acceptors (Lipinski definition) is 4. The first kappa shape index (κ1) is 17.7. The van der Waals surface area contributed by atoms with Crippen LogP contribution in [0.1, 0.15) is 36.3 Å². The van der Waals surface area contributed by atoms with Crippen LogP contribution in [0.2, 0.25) is 0 Å². The number of carbonyl (C=O) groups excluding carboxylic acids is 1. The number of carboxylic acids is 1. The summed E-state index contributed by atoms with van der Waals surface area (Å²) in [6, 6.07) is 7.26. The van der Waals surface area contributed by atoms with Crippen LogP contribution in [-0.4, -0.2) is 26.7 Å². The van der Waals surface area contributed by atoms with Crippen molar-refractivity contribution in [1.82, 2.24) is 9.72 Å². The Balaban J connectivity index is 1.70. The van der Waals surface area contributed by atoms with Gasteiger partial charge in [0.25, 0.3) is 0 Å². The number of anilines is 1. The van der Waals surface area contributed by atoms with Crippen molar-refractivity contribution < 1.29 is 19.2 Å². The molecule has 7 nitrogen and oxygen atoms in total. The molecule has 1 amide bonds. The predicted molar refractivity (Wildman–Crippen MR) is 97.2 cm³/mol. The Morgan fingerprint density at radius 3 is 2.73 bits per heavy atom. The summed E-state index contributed by atoms with van der Waals surface area (Å²) in [7, 11) is 0. The second kappa shape index (κ2) is 7.03. The van der Waals surface area contributed by atoms with E-state index in [-0.39, 0.29) is 18.4 Å². The Morgan fingerprint density at radius 2 is 2.08 bits per heavy atom. The van der Waals surface area contributed by atoms with Crippen LogP contribution in [0.25, 0.3) is 10.9 Å². The van der Waals surface area contributed by atoms with Crippen LogP contribution in [0.4, 0.5) is 5.69 Å². The van der Waals surface area contributed by atoms with Crippen molar-refractivity contribution in [3.63, 3.8) is 0 Å². The molecule has 0 saturated carbocycles. The monoisotopic (exact) mass is 355 g/mol. The lowest BCUT2D eigenvalue weighted by atomic mass is 9.96. The van der Waals surface area contributed by atoms with Gasteiger partial charge in [-0.15, -0.1) is 0 Å². The number of benzene rings is 1. The summed E-state index contributed by atoms with van der Waals surface area (Å²) in [4.78, 5) is 23.3. The zero-order valence-corrected chi connectivity index (χ0v) is 14.9. The molecule has 0 aliphatic carbocycles. The first-order valence-electron chi connectivity index (χ1n) is 8.38. The number of aliphatic carboxylic acids is 1. The molecule has 136 valence electrons. The van der Waals surface area contributed by atoms with Gasteiger partial charge in [-0.05, 0) is 44.0 Å². The van der Waals surface area contributed by atoms with Gasteiger partial charge >= 0.3 is 5.97 Å². The number of amides is 1. The molecule has 3 rings (SSSR count). The fourth-order valence-corrected chi connectivity index (χ4v) is 3.35. The highest BCUT2D eigenvalue weighted by Gasteiger charge is 2.19. The third-order valence-electron chi connectivity index (χ3n) is 4.43. The van der Waals surface area contributed by atoms with E-state index in [1.807, 2.05) is 39.0 Å². The fraction of sp³-hybridized carbons (Fsp3) is 0.316. The number of aromatic nitrogens is 2. The second-order valence-corrected chi connectivity index (χ2v) is 6.50. The molecule has 1 atom stereocenters. The standard InChI is InChI=1S/C19H21N3O4/c1-11(19-12(2)21-26-13(19)3)8-17(23)20-15-4-5-16-14(9-15)6-7-22(16)10-18(24)25/h4-7,9,11H,8,10H2,1-3H3,(H,20,23)(H,24,25). The zero-order valence-electron chi connectivity index (χ0n) is 14.9. The minimum atomic E-state index is -0.895. The van der Waals surface area contributed by atoms with Gasteiger partial charge in [0, 0.05) is 34.8 Å². The van der Waals surface area contributed by atoms with Crippen LogP contribution < -0.4 is 5.32 Å². The normalized spacial score (nSPS) is 12.3. The number of carboxylic acid groups (broad SMARTS) is 1. The molecule has 2 aromatic heterocycles. The van der Waals surface area contributed by atoms with Crippen LogP contribution >= 0.6 is 0 Å². The van der Waals surface area contributed by atoms with Crippen LogP contribution in [0.5, 0.6) is 0 Å². The maximum absolute atomic E-state index is 12.4. The molecule has 0 bridgehead atoms. The smallest absolute Gasteiger partial charge is 0.323 e. The van der Waals surface area contributed by atoms with Crippen molar-refractivity contribution in [3.05, 3.63) is 47.5 Å². The van der Waals surface area contributed by atoms with Gasteiger partial charge in [-0.1, -0.05) is 12.1 Å². The first-order valence-corrected chi connectivity index (χ1v) is 8.38. The zero-order chi connectivity index (χ0) is 18.8. The number of fused-ring (bicyclic) bond motifs is 1. The lowest BCUT2D eigenvalue weighted by molar-refractivity contribution is -0.137. The van der Waals surface area contributed by atoms with Crippen LogP contribution in [0.15, 0.2) is 35.0 Å². The summed E-state index contributed by atoms with van der Waals surface area (Å²) in [5.41, 5.74) is 3.28. The average molecular weight is 355 g/mol. The Kier molecular flexibility index (Phi) is 4.79. The van der Waals surface area contributed by atoms with Gasteiger partial charge in [0.2, 0.25) is 5.91 Å². The van der Waals surface area contributed by atoms with Gasteiger partial charge in [0.1, 0.15) is 12.3 Å². The minimum Gasteiger partial charge on any atom is -0.480 e. The van der Waals surface area contributed by atoms with E-state index in [0.29, 0.717) is 12.1 Å². The topological polar surface area (TPSA) is 97.4 Å². The van der Waals surface area contributed by atoms with Crippen molar-refractivity contribution in [2.75, 3.05) is 5.32 Å². The summed E-state index contributed by atoms with van der Waals surface area (Å²) in [6.07, 6.45) is 2.05. The van der Waals surface area contributed by atoms with Crippen molar-refractivity contribution in [2.24, 2.45) is 0 Å². The Hall–Kier alpha value is -3.09. The average Bonchev–Trinajstić information content (AvgIpc) is 3.10. The van der Waals surface area contributed by atoms with E-state index in [2.05, 4.69) is 10.5 Å². The Morgan fingerprint density at radius 1 is 1.31 bits per heavy atom. The third-order valence-corrected chi connectivity index (χ3v) is 4.43. The highest BCUT2D eigenvalue weighted by Crippen LogP contribution is 2.27. The van der Waals surface area contributed by atoms with Crippen molar-refractivity contribution in [1.29, 1.82) is 0 Å². The lowest BCUT2D eigenvalue weighted by Gasteiger charge is -2.12. The number of carbonyl (C=O) groups is 2. The molecule has 3 aromatic rings. The largest absolute Gasteiger partial charge is 0.480 e. The molecule has 26 heavy (non-hydrogen) atoms. The van der Waals surface area contributed by atoms with Gasteiger partial charge in [0.15, 0.2) is 0 Å². The molecular weight excluding hydrogens is 334 g/mol. The van der Waals surface area contributed by atoms with Crippen LogP contribution in [0, 0.1) is 13.8 Å². The van der Waals surface area contributed by atoms with E-state index in [1.54, 1.807) is 16.8 Å². The van der Waals surface area contributed by atoms with E-state index in [9.17, 15) is 9.59 Å². The van der Waals surface area contributed by atoms with E-state index in [1.165, 1.54) is 0 Å². The summed E-state index contributed by atoms with van der Waals surface area (Å²) in [6.45, 7) is 5.60.